The summed E-state index contributed by atoms with van der Waals surface area (Å²) in [6, 6.07) is 19.1. The lowest BCUT2D eigenvalue weighted by molar-refractivity contribution is -0.112. The van der Waals surface area contributed by atoms with Gasteiger partial charge in [0.25, 0.3) is 0 Å². The molecule has 1 aliphatic carbocycles. The van der Waals surface area contributed by atoms with Gasteiger partial charge >= 0.3 is 0 Å². The van der Waals surface area contributed by atoms with Gasteiger partial charge in [-0.3, -0.25) is 14.8 Å². The van der Waals surface area contributed by atoms with Gasteiger partial charge in [0.2, 0.25) is 0 Å². The molecule has 4 rings (SSSR count). The molecule has 154 valence electrons. The van der Waals surface area contributed by atoms with Gasteiger partial charge in [-0.15, -0.1) is 0 Å². The highest BCUT2D eigenvalue weighted by molar-refractivity contribution is 6.62. The molecule has 3 N–H and O–H groups in total. The standard InChI is InChI=1S/C24H19N3O4/c28-18-7-1-15(2-8-18)25-21-13-23(27-17-5-11-20(30)12-6-17)24(31)14-22(21)26-16-3-9-19(29)10-4-16/h1-12,28-30H,13-14H2. The lowest BCUT2D eigenvalue weighted by Gasteiger charge is -2.17. The van der Waals surface area contributed by atoms with Crippen molar-refractivity contribution < 1.29 is 20.1 Å². The normalized spacial score (nSPS) is 18.1. The second-order valence-corrected chi connectivity index (χ2v) is 7.00. The number of benzene rings is 3. The fourth-order valence-electron chi connectivity index (χ4n) is 3.07. The minimum Gasteiger partial charge on any atom is -0.508 e. The number of Topliss-reactive ketones (excluding diaryl/α,β-unsaturated/α-hetero) is 1. The van der Waals surface area contributed by atoms with Gasteiger partial charge < -0.3 is 15.3 Å². The van der Waals surface area contributed by atoms with Crippen LogP contribution in [0.5, 0.6) is 17.2 Å². The Morgan fingerprint density at radius 3 is 1.19 bits per heavy atom. The van der Waals surface area contributed by atoms with Gasteiger partial charge in [-0.1, -0.05) is 0 Å². The van der Waals surface area contributed by atoms with E-state index >= 15 is 0 Å². The second kappa shape index (κ2) is 8.62. The van der Waals surface area contributed by atoms with Crippen LogP contribution in [-0.2, 0) is 4.79 Å². The molecule has 0 spiro atoms. The number of nitrogens with zero attached hydrogens (tertiary/aromatic N) is 3. The van der Waals surface area contributed by atoms with Crippen molar-refractivity contribution in [2.24, 2.45) is 15.0 Å². The minimum atomic E-state index is -0.157. The van der Waals surface area contributed by atoms with E-state index in [4.69, 9.17) is 0 Å². The highest BCUT2D eigenvalue weighted by atomic mass is 16.3. The molecule has 3 aromatic carbocycles. The van der Waals surface area contributed by atoms with Gasteiger partial charge in [0.05, 0.1) is 40.6 Å². The lowest BCUT2D eigenvalue weighted by atomic mass is 9.92. The summed E-state index contributed by atoms with van der Waals surface area (Å²) < 4.78 is 0. The molecule has 7 heteroatoms. The molecule has 31 heavy (non-hydrogen) atoms. The molecule has 0 aliphatic heterocycles. The number of aromatic hydroxyl groups is 3. The molecule has 1 aliphatic rings. The molecule has 0 amide bonds. The molecule has 1 fully saturated rings. The monoisotopic (exact) mass is 413 g/mol. The zero-order valence-electron chi connectivity index (χ0n) is 16.4. The maximum absolute atomic E-state index is 12.8. The fourth-order valence-corrected chi connectivity index (χ4v) is 3.07. The number of phenols is 3. The Morgan fingerprint density at radius 1 is 0.484 bits per heavy atom. The van der Waals surface area contributed by atoms with Crippen molar-refractivity contribution in [2.45, 2.75) is 12.8 Å². The number of aliphatic imine (C=N–C) groups is 3. The van der Waals surface area contributed by atoms with Crippen LogP contribution >= 0.6 is 0 Å². The van der Waals surface area contributed by atoms with Gasteiger partial charge in [0, 0.05) is 6.42 Å². The first-order valence-corrected chi connectivity index (χ1v) is 9.59. The van der Waals surface area contributed by atoms with Crippen LogP contribution in [0.3, 0.4) is 0 Å². The molecular formula is C24H19N3O4. The van der Waals surface area contributed by atoms with E-state index in [1.807, 2.05) is 0 Å². The van der Waals surface area contributed by atoms with Crippen LogP contribution in [0.15, 0.2) is 87.8 Å². The quantitative estimate of drug-likeness (QED) is 0.573. The first kappa shape index (κ1) is 20.0. The third kappa shape index (κ3) is 5.02. The summed E-state index contributed by atoms with van der Waals surface area (Å²) in [6.45, 7) is 0. The van der Waals surface area contributed by atoms with Crippen molar-refractivity contribution in [3.63, 3.8) is 0 Å². The molecule has 0 aromatic heterocycles. The zero-order chi connectivity index (χ0) is 21.8. The van der Waals surface area contributed by atoms with Crippen molar-refractivity contribution in [3.05, 3.63) is 72.8 Å². The third-order valence-electron chi connectivity index (χ3n) is 4.66. The summed E-state index contributed by atoms with van der Waals surface area (Å²) in [5, 5.41) is 28.5. The van der Waals surface area contributed by atoms with Crippen molar-refractivity contribution in [2.75, 3.05) is 0 Å². The van der Waals surface area contributed by atoms with Gasteiger partial charge in [0.1, 0.15) is 17.2 Å². The van der Waals surface area contributed by atoms with Crippen LogP contribution in [0.4, 0.5) is 17.1 Å². The van der Waals surface area contributed by atoms with Crippen molar-refractivity contribution in [3.8, 4) is 17.2 Å². The van der Waals surface area contributed by atoms with E-state index in [9.17, 15) is 20.1 Å². The van der Waals surface area contributed by atoms with Crippen LogP contribution in [0.2, 0.25) is 0 Å². The largest absolute Gasteiger partial charge is 0.508 e. The van der Waals surface area contributed by atoms with E-state index in [2.05, 4.69) is 15.0 Å². The Balaban J connectivity index is 1.73. The number of rotatable bonds is 3. The Morgan fingerprint density at radius 2 is 0.806 bits per heavy atom. The maximum atomic E-state index is 12.8. The predicted octanol–water partition coefficient (Wildman–Crippen LogP) is 4.78. The Kier molecular flexibility index (Phi) is 5.57. The van der Waals surface area contributed by atoms with Crippen molar-refractivity contribution in [1.82, 2.24) is 0 Å². The SMILES string of the molecule is O=C1CC(=Nc2ccc(O)cc2)C(=Nc2ccc(O)cc2)CC1=Nc1ccc(O)cc1. The smallest absolute Gasteiger partial charge is 0.183 e. The number of carbonyl (C=O) groups is 1. The molecule has 0 radical (unpaired) electrons. The average molecular weight is 413 g/mol. The second-order valence-electron chi connectivity index (χ2n) is 7.00. The fraction of sp³-hybridized carbons (Fsp3) is 0.0833. The van der Waals surface area contributed by atoms with E-state index in [-0.39, 0.29) is 35.9 Å². The molecule has 7 nitrogen and oxygen atoms in total. The molecular weight excluding hydrogens is 394 g/mol. The first-order valence-electron chi connectivity index (χ1n) is 9.59. The molecule has 0 atom stereocenters. The number of carbonyl (C=O) groups excluding carboxylic acids is 1. The molecule has 0 heterocycles. The van der Waals surface area contributed by atoms with Crippen LogP contribution < -0.4 is 0 Å². The molecule has 0 bridgehead atoms. The molecule has 0 saturated heterocycles. The van der Waals surface area contributed by atoms with E-state index < -0.39 is 0 Å². The average Bonchev–Trinajstić information content (AvgIpc) is 2.76. The highest BCUT2D eigenvalue weighted by Crippen LogP contribution is 2.24. The molecule has 0 unspecified atom stereocenters. The molecule has 3 aromatic rings. The predicted molar refractivity (Wildman–Crippen MR) is 120 cm³/mol. The van der Waals surface area contributed by atoms with E-state index in [1.165, 1.54) is 36.4 Å². The highest BCUT2D eigenvalue weighted by Gasteiger charge is 2.27. The summed E-state index contributed by atoms with van der Waals surface area (Å²) in [5.41, 5.74) is 3.24. The third-order valence-corrected chi connectivity index (χ3v) is 4.66. The number of hydrogen-bond acceptors (Lipinski definition) is 7. The Bertz CT molecular complexity index is 1190. The Labute approximate surface area is 178 Å². The summed E-state index contributed by atoms with van der Waals surface area (Å²) in [5.74, 6) is 0.229. The van der Waals surface area contributed by atoms with Gasteiger partial charge in [-0.2, -0.15) is 0 Å². The van der Waals surface area contributed by atoms with E-state index in [0.29, 0.717) is 34.2 Å². The zero-order valence-corrected chi connectivity index (χ0v) is 16.4. The maximum Gasteiger partial charge on any atom is 0.183 e. The van der Waals surface area contributed by atoms with E-state index in [0.717, 1.165) is 0 Å². The summed E-state index contributed by atoms with van der Waals surface area (Å²) in [7, 11) is 0. The first-order chi connectivity index (χ1) is 15.0. The van der Waals surface area contributed by atoms with Crippen LogP contribution in [-0.4, -0.2) is 38.2 Å². The van der Waals surface area contributed by atoms with Crippen LogP contribution in [0, 0.1) is 0 Å². The topological polar surface area (TPSA) is 115 Å². The van der Waals surface area contributed by atoms with Gasteiger partial charge in [-0.25, -0.2) is 4.99 Å². The molecule has 1 saturated carbocycles. The van der Waals surface area contributed by atoms with Crippen LogP contribution in [0.1, 0.15) is 12.8 Å². The van der Waals surface area contributed by atoms with Crippen molar-refractivity contribution >= 4 is 40.0 Å². The van der Waals surface area contributed by atoms with Crippen molar-refractivity contribution in [1.29, 1.82) is 0 Å². The Hall–Kier alpha value is -4.26. The van der Waals surface area contributed by atoms with Crippen LogP contribution in [0.25, 0.3) is 0 Å². The number of hydrogen-bond donors (Lipinski definition) is 3. The number of phenolic OH excluding ortho intramolecular Hbond substituents is 3. The minimum absolute atomic E-state index is 0.0364. The lowest BCUT2D eigenvalue weighted by Crippen LogP contribution is -2.33. The summed E-state index contributed by atoms with van der Waals surface area (Å²) in [6.07, 6.45) is 0.228. The van der Waals surface area contributed by atoms with Gasteiger partial charge in [-0.05, 0) is 72.8 Å². The van der Waals surface area contributed by atoms with Gasteiger partial charge in [0.15, 0.2) is 5.78 Å². The summed E-state index contributed by atoms with van der Waals surface area (Å²) in [4.78, 5) is 26.4. The number of ketones is 1. The van der Waals surface area contributed by atoms with E-state index in [1.54, 1.807) is 36.4 Å². The summed E-state index contributed by atoms with van der Waals surface area (Å²) >= 11 is 0.